The molecule has 4 rings (SSSR count). The van der Waals surface area contributed by atoms with Gasteiger partial charge in [0, 0.05) is 12.6 Å². The third kappa shape index (κ3) is 7.56. The average Bonchev–Trinajstić information content (AvgIpc) is 3.48. The Morgan fingerprint density at radius 2 is 1.64 bits per heavy atom. The number of hydrogen-bond donors (Lipinski definition) is 1. The molecule has 1 aliphatic rings. The minimum atomic E-state index is -4.30. The number of sulfonamides is 1. The lowest BCUT2D eigenvalue weighted by molar-refractivity contribution is -0.140. The van der Waals surface area contributed by atoms with E-state index in [4.69, 9.17) is 34.8 Å². The Morgan fingerprint density at radius 1 is 0.952 bits per heavy atom. The van der Waals surface area contributed by atoms with Gasteiger partial charge in [0.15, 0.2) is 0 Å². The van der Waals surface area contributed by atoms with Crippen molar-refractivity contribution in [3.05, 3.63) is 93.2 Å². The zero-order valence-electron chi connectivity index (χ0n) is 22.9. The number of hydrogen-bond acceptors (Lipinski definition) is 4. The molecule has 3 aromatic carbocycles. The Kier molecular flexibility index (Phi) is 10.8. The van der Waals surface area contributed by atoms with Crippen LogP contribution in [0, 0.1) is 5.82 Å². The lowest BCUT2D eigenvalue weighted by atomic mass is 10.1. The normalized spacial score (nSPS) is 14.4. The third-order valence-corrected chi connectivity index (χ3v) is 10.0. The highest BCUT2D eigenvalue weighted by Crippen LogP contribution is 2.29. The van der Waals surface area contributed by atoms with Crippen LogP contribution in [0.3, 0.4) is 0 Å². The first kappa shape index (κ1) is 32.1. The van der Waals surface area contributed by atoms with Crippen LogP contribution in [-0.4, -0.2) is 43.8 Å². The fourth-order valence-electron chi connectivity index (χ4n) is 5.01. The van der Waals surface area contributed by atoms with Crippen LogP contribution < -0.4 is 9.62 Å². The second-order valence-corrected chi connectivity index (χ2v) is 13.2. The van der Waals surface area contributed by atoms with E-state index in [0.29, 0.717) is 10.6 Å². The molecule has 0 spiro atoms. The number of nitrogens with one attached hydrogen (secondary N) is 1. The smallest absolute Gasteiger partial charge is 0.264 e. The van der Waals surface area contributed by atoms with Gasteiger partial charge < -0.3 is 10.2 Å². The van der Waals surface area contributed by atoms with E-state index in [9.17, 15) is 22.4 Å². The number of halogens is 4. The van der Waals surface area contributed by atoms with Crippen LogP contribution in [-0.2, 0) is 26.2 Å². The molecular weight excluding hydrogens is 624 g/mol. The van der Waals surface area contributed by atoms with E-state index in [0.717, 1.165) is 42.1 Å². The van der Waals surface area contributed by atoms with Crippen LogP contribution in [0.5, 0.6) is 0 Å². The maximum Gasteiger partial charge on any atom is 0.264 e. The van der Waals surface area contributed by atoms with E-state index in [1.54, 1.807) is 43.3 Å². The molecule has 0 unspecified atom stereocenters. The first-order valence-electron chi connectivity index (χ1n) is 13.6. The second kappa shape index (κ2) is 14.1. The van der Waals surface area contributed by atoms with E-state index in [2.05, 4.69) is 5.32 Å². The highest BCUT2D eigenvalue weighted by atomic mass is 35.5. The van der Waals surface area contributed by atoms with Gasteiger partial charge in [-0.05, 0) is 67.3 Å². The standard InChI is InChI=1S/C30H31Cl3FN3O4S/c1-2-28(30(39)35-21-8-6-7-9-21)36(18-20-12-14-24(31)25(32)16-20)29(38)19-37(22-13-15-27(34)26(33)17-22)42(40,41)23-10-4-3-5-11-23/h3-5,10-17,21,28H,2,6-9,18-19H2,1H3,(H,35,39)/t28-/m0/s1. The van der Waals surface area contributed by atoms with Crippen molar-refractivity contribution in [3.63, 3.8) is 0 Å². The minimum Gasteiger partial charge on any atom is -0.352 e. The number of benzene rings is 3. The van der Waals surface area contributed by atoms with E-state index >= 15 is 0 Å². The molecule has 0 aliphatic heterocycles. The number of anilines is 1. The highest BCUT2D eigenvalue weighted by Gasteiger charge is 2.34. The number of nitrogens with zero attached hydrogens (tertiary/aromatic N) is 2. The van der Waals surface area contributed by atoms with Crippen molar-refractivity contribution >= 4 is 62.3 Å². The molecule has 1 saturated carbocycles. The fourth-order valence-corrected chi connectivity index (χ4v) is 6.93. The topological polar surface area (TPSA) is 86.8 Å². The molecule has 1 N–H and O–H groups in total. The van der Waals surface area contributed by atoms with Gasteiger partial charge in [-0.2, -0.15) is 0 Å². The lowest BCUT2D eigenvalue weighted by Crippen LogP contribution is -2.53. The maximum atomic E-state index is 14.1. The summed E-state index contributed by atoms with van der Waals surface area (Å²) in [5, 5.41) is 3.36. The molecular formula is C30H31Cl3FN3O4S. The van der Waals surface area contributed by atoms with Gasteiger partial charge in [-0.3, -0.25) is 13.9 Å². The van der Waals surface area contributed by atoms with E-state index in [1.807, 2.05) is 0 Å². The lowest BCUT2D eigenvalue weighted by Gasteiger charge is -2.34. The van der Waals surface area contributed by atoms with Crippen molar-refractivity contribution in [2.24, 2.45) is 0 Å². The molecule has 42 heavy (non-hydrogen) atoms. The molecule has 12 heteroatoms. The zero-order valence-corrected chi connectivity index (χ0v) is 26.0. The van der Waals surface area contributed by atoms with Crippen molar-refractivity contribution in [1.82, 2.24) is 10.2 Å². The van der Waals surface area contributed by atoms with Crippen LogP contribution in [0.15, 0.2) is 71.6 Å². The summed E-state index contributed by atoms with van der Waals surface area (Å²) in [5.41, 5.74) is 0.601. The van der Waals surface area contributed by atoms with Crippen LogP contribution in [0.1, 0.15) is 44.6 Å². The van der Waals surface area contributed by atoms with Gasteiger partial charge in [0.2, 0.25) is 11.8 Å². The summed E-state index contributed by atoms with van der Waals surface area (Å²) in [6.07, 6.45) is 4.02. The first-order chi connectivity index (χ1) is 20.0. The van der Waals surface area contributed by atoms with Crippen molar-refractivity contribution in [2.45, 2.75) is 62.6 Å². The van der Waals surface area contributed by atoms with Gasteiger partial charge >= 0.3 is 0 Å². The Morgan fingerprint density at radius 3 is 2.26 bits per heavy atom. The summed E-state index contributed by atoms with van der Waals surface area (Å²) in [5.74, 6) is -1.70. The number of rotatable bonds is 11. The predicted octanol–water partition coefficient (Wildman–Crippen LogP) is 6.85. The van der Waals surface area contributed by atoms with Crippen LogP contribution in [0.4, 0.5) is 10.1 Å². The van der Waals surface area contributed by atoms with Crippen LogP contribution in [0.2, 0.25) is 15.1 Å². The van der Waals surface area contributed by atoms with Crippen LogP contribution in [0.25, 0.3) is 0 Å². The van der Waals surface area contributed by atoms with E-state index in [1.165, 1.54) is 23.1 Å². The predicted molar refractivity (Wildman–Crippen MR) is 164 cm³/mol. The number of carbonyl (C=O) groups is 2. The molecule has 0 heterocycles. The van der Waals surface area contributed by atoms with Gasteiger partial charge in [0.25, 0.3) is 10.0 Å². The monoisotopic (exact) mass is 653 g/mol. The summed E-state index contributed by atoms with van der Waals surface area (Å²) in [7, 11) is -4.30. The fraction of sp³-hybridized carbons (Fsp3) is 0.333. The first-order valence-corrected chi connectivity index (χ1v) is 16.1. The summed E-state index contributed by atoms with van der Waals surface area (Å²) >= 11 is 18.4. The molecule has 1 atom stereocenters. The van der Waals surface area contributed by atoms with E-state index in [-0.39, 0.29) is 45.5 Å². The van der Waals surface area contributed by atoms with Gasteiger partial charge in [-0.15, -0.1) is 0 Å². The molecule has 1 aliphatic carbocycles. The third-order valence-electron chi connectivity index (χ3n) is 7.23. The maximum absolute atomic E-state index is 14.1. The highest BCUT2D eigenvalue weighted by molar-refractivity contribution is 7.92. The average molecular weight is 655 g/mol. The summed E-state index contributed by atoms with van der Waals surface area (Å²) in [6, 6.07) is 15.0. The summed E-state index contributed by atoms with van der Waals surface area (Å²) in [6.45, 7) is 1.08. The van der Waals surface area contributed by atoms with E-state index < -0.39 is 34.3 Å². The molecule has 3 aromatic rings. The molecule has 0 aromatic heterocycles. The molecule has 1 fully saturated rings. The largest absolute Gasteiger partial charge is 0.352 e. The number of carbonyl (C=O) groups excluding carboxylic acids is 2. The molecule has 2 amide bonds. The quantitative estimate of drug-likeness (QED) is 0.245. The Labute approximate surface area is 260 Å². The van der Waals surface area contributed by atoms with Gasteiger partial charge in [-0.1, -0.05) is 78.8 Å². The van der Waals surface area contributed by atoms with Crippen molar-refractivity contribution in [3.8, 4) is 0 Å². The van der Waals surface area contributed by atoms with Gasteiger partial charge in [0.1, 0.15) is 18.4 Å². The Hall–Kier alpha value is -2.85. The molecule has 224 valence electrons. The van der Waals surface area contributed by atoms with Crippen molar-refractivity contribution in [2.75, 3.05) is 10.8 Å². The van der Waals surface area contributed by atoms with Gasteiger partial charge in [0.05, 0.1) is 25.7 Å². The molecule has 0 radical (unpaired) electrons. The SMILES string of the molecule is CC[C@@H](C(=O)NC1CCCC1)N(Cc1ccc(Cl)c(Cl)c1)C(=O)CN(c1ccc(F)c(Cl)c1)S(=O)(=O)c1ccccc1. The number of amides is 2. The summed E-state index contributed by atoms with van der Waals surface area (Å²) in [4.78, 5) is 28.9. The molecule has 7 nitrogen and oxygen atoms in total. The Balaban J connectivity index is 1.73. The molecule has 0 bridgehead atoms. The van der Waals surface area contributed by atoms with Gasteiger partial charge in [-0.25, -0.2) is 12.8 Å². The second-order valence-electron chi connectivity index (χ2n) is 10.1. The van der Waals surface area contributed by atoms with Crippen molar-refractivity contribution in [1.29, 1.82) is 0 Å². The Bertz CT molecular complexity index is 1540. The molecule has 0 saturated heterocycles. The zero-order chi connectivity index (χ0) is 30.4. The van der Waals surface area contributed by atoms with Crippen LogP contribution >= 0.6 is 34.8 Å². The minimum absolute atomic E-state index is 0.00320. The summed E-state index contributed by atoms with van der Waals surface area (Å²) < 4.78 is 42.6. The van der Waals surface area contributed by atoms with Crippen molar-refractivity contribution < 1.29 is 22.4 Å².